The van der Waals surface area contributed by atoms with Crippen molar-refractivity contribution >= 4 is 0 Å². The highest BCUT2D eigenvalue weighted by molar-refractivity contribution is 5.26. The highest BCUT2D eigenvalue weighted by Gasteiger charge is 2.20. The zero-order valence-electron chi connectivity index (χ0n) is 10.0. The fourth-order valence-electron chi connectivity index (χ4n) is 1.76. The second-order valence-electron chi connectivity index (χ2n) is 4.02. The van der Waals surface area contributed by atoms with Gasteiger partial charge in [0.05, 0.1) is 6.10 Å². The van der Waals surface area contributed by atoms with Crippen LogP contribution in [0, 0.1) is 12.7 Å². The summed E-state index contributed by atoms with van der Waals surface area (Å²) in [5.74, 6) is -0.250. The summed E-state index contributed by atoms with van der Waals surface area (Å²) in [5, 5.41) is 10.1. The van der Waals surface area contributed by atoms with E-state index in [1.807, 2.05) is 6.92 Å². The number of benzene rings is 1. The zero-order valence-corrected chi connectivity index (χ0v) is 10.0. The van der Waals surface area contributed by atoms with Gasteiger partial charge >= 0.3 is 0 Å². The van der Waals surface area contributed by atoms with Gasteiger partial charge in [-0.15, -0.1) is 0 Å². The van der Waals surface area contributed by atoms with E-state index in [0.717, 1.165) is 12.8 Å². The average Bonchev–Trinajstić information content (AvgIpc) is 2.28. The Morgan fingerprint density at radius 2 is 2.12 bits per heavy atom. The number of methoxy groups -OCH3 is 1. The zero-order chi connectivity index (χ0) is 12.1. The molecule has 1 rings (SSSR count). The molecule has 0 aliphatic rings. The van der Waals surface area contributed by atoms with Gasteiger partial charge in [0.1, 0.15) is 11.9 Å². The highest BCUT2D eigenvalue weighted by Crippen LogP contribution is 2.23. The molecule has 3 heteroatoms. The quantitative estimate of drug-likeness (QED) is 0.836. The number of aryl methyl sites for hydroxylation is 1. The molecule has 1 N–H and O–H groups in total. The maximum Gasteiger partial charge on any atom is 0.126 e. The van der Waals surface area contributed by atoms with Crippen molar-refractivity contribution in [1.82, 2.24) is 0 Å². The number of ether oxygens (including phenoxy) is 1. The lowest BCUT2D eigenvalue weighted by atomic mass is 9.99. The summed E-state index contributed by atoms with van der Waals surface area (Å²) < 4.78 is 18.3. The number of aliphatic hydroxyl groups excluding tert-OH is 1. The fraction of sp³-hybridized carbons (Fsp3) is 0.538. The van der Waals surface area contributed by atoms with Gasteiger partial charge < -0.3 is 9.84 Å². The third-order valence-electron chi connectivity index (χ3n) is 2.75. The van der Waals surface area contributed by atoms with Gasteiger partial charge in [0.15, 0.2) is 0 Å². The lowest BCUT2D eigenvalue weighted by Gasteiger charge is -2.21. The van der Waals surface area contributed by atoms with Crippen molar-refractivity contribution in [3.8, 4) is 0 Å². The third kappa shape index (κ3) is 3.03. The van der Waals surface area contributed by atoms with Crippen LogP contribution in [0.1, 0.15) is 37.0 Å². The largest absolute Gasteiger partial charge is 0.386 e. The Morgan fingerprint density at radius 3 is 2.62 bits per heavy atom. The minimum atomic E-state index is -0.691. The van der Waals surface area contributed by atoms with Crippen molar-refractivity contribution < 1.29 is 14.2 Å². The first-order valence-corrected chi connectivity index (χ1v) is 5.57. The normalized spacial score (nSPS) is 14.8. The Bertz CT molecular complexity index is 339. The van der Waals surface area contributed by atoms with Gasteiger partial charge in [-0.25, -0.2) is 4.39 Å². The first kappa shape index (κ1) is 13.1. The number of aliphatic hydroxyl groups is 1. The van der Waals surface area contributed by atoms with E-state index in [-0.39, 0.29) is 11.9 Å². The summed E-state index contributed by atoms with van der Waals surface area (Å²) in [6.45, 7) is 3.72. The molecule has 0 amide bonds. The molecule has 0 saturated carbocycles. The predicted octanol–water partition coefficient (Wildman–Crippen LogP) is 2.98. The average molecular weight is 226 g/mol. The van der Waals surface area contributed by atoms with Gasteiger partial charge in [-0.3, -0.25) is 0 Å². The predicted molar refractivity (Wildman–Crippen MR) is 61.8 cm³/mol. The van der Waals surface area contributed by atoms with Crippen LogP contribution in [0.15, 0.2) is 18.2 Å². The second-order valence-corrected chi connectivity index (χ2v) is 4.02. The van der Waals surface area contributed by atoms with Gasteiger partial charge in [-0.1, -0.05) is 25.5 Å². The molecule has 0 bridgehead atoms. The van der Waals surface area contributed by atoms with Crippen molar-refractivity contribution in [1.29, 1.82) is 0 Å². The van der Waals surface area contributed by atoms with Crippen molar-refractivity contribution in [2.24, 2.45) is 0 Å². The van der Waals surface area contributed by atoms with E-state index >= 15 is 0 Å². The molecule has 0 heterocycles. The summed E-state index contributed by atoms with van der Waals surface area (Å²) in [4.78, 5) is 0. The molecule has 1 aromatic rings. The SMILES string of the molecule is CCCC(OC)C(O)c1ccc(F)c(C)c1. The molecule has 2 unspecified atom stereocenters. The molecule has 16 heavy (non-hydrogen) atoms. The van der Waals surface area contributed by atoms with E-state index in [1.54, 1.807) is 26.2 Å². The van der Waals surface area contributed by atoms with Crippen LogP contribution >= 0.6 is 0 Å². The first-order chi connectivity index (χ1) is 7.60. The highest BCUT2D eigenvalue weighted by atomic mass is 19.1. The maximum absolute atomic E-state index is 13.1. The molecular weight excluding hydrogens is 207 g/mol. The number of hydrogen-bond acceptors (Lipinski definition) is 2. The van der Waals surface area contributed by atoms with Crippen LogP contribution in [0.3, 0.4) is 0 Å². The van der Waals surface area contributed by atoms with Crippen LogP contribution < -0.4 is 0 Å². The second kappa shape index (κ2) is 5.97. The van der Waals surface area contributed by atoms with Gasteiger partial charge in [0, 0.05) is 7.11 Å². The lowest BCUT2D eigenvalue weighted by molar-refractivity contribution is -0.0180. The molecule has 0 aromatic heterocycles. The number of halogens is 1. The van der Waals surface area contributed by atoms with E-state index in [2.05, 4.69) is 0 Å². The molecule has 90 valence electrons. The molecule has 0 aliphatic heterocycles. The summed E-state index contributed by atoms with van der Waals surface area (Å²) in [7, 11) is 1.58. The topological polar surface area (TPSA) is 29.5 Å². The molecule has 0 spiro atoms. The van der Waals surface area contributed by atoms with Crippen molar-refractivity contribution in [3.63, 3.8) is 0 Å². The van der Waals surface area contributed by atoms with E-state index in [0.29, 0.717) is 11.1 Å². The maximum atomic E-state index is 13.1. The van der Waals surface area contributed by atoms with Crippen LogP contribution in [-0.2, 0) is 4.74 Å². The minimum absolute atomic E-state index is 0.227. The molecule has 0 fully saturated rings. The molecule has 0 aliphatic carbocycles. The summed E-state index contributed by atoms with van der Waals surface area (Å²) in [6.07, 6.45) is 0.809. The van der Waals surface area contributed by atoms with E-state index in [9.17, 15) is 9.50 Å². The molecule has 0 saturated heterocycles. The number of rotatable bonds is 5. The molecule has 2 nitrogen and oxygen atoms in total. The van der Waals surface area contributed by atoms with E-state index in [1.165, 1.54) is 6.07 Å². The smallest absolute Gasteiger partial charge is 0.126 e. The third-order valence-corrected chi connectivity index (χ3v) is 2.75. The van der Waals surface area contributed by atoms with Crippen LogP contribution in [0.4, 0.5) is 4.39 Å². The Labute approximate surface area is 96.1 Å². The van der Waals surface area contributed by atoms with Crippen LogP contribution in [0.5, 0.6) is 0 Å². The molecule has 2 atom stereocenters. The van der Waals surface area contributed by atoms with Crippen molar-refractivity contribution in [2.75, 3.05) is 7.11 Å². The van der Waals surface area contributed by atoms with Crippen LogP contribution in [-0.4, -0.2) is 18.3 Å². The lowest BCUT2D eigenvalue weighted by Crippen LogP contribution is -2.20. The number of hydrogen-bond donors (Lipinski definition) is 1. The van der Waals surface area contributed by atoms with E-state index < -0.39 is 6.10 Å². The van der Waals surface area contributed by atoms with Gasteiger partial charge in [0.25, 0.3) is 0 Å². The van der Waals surface area contributed by atoms with Gasteiger partial charge in [-0.05, 0) is 30.5 Å². The van der Waals surface area contributed by atoms with Gasteiger partial charge in [-0.2, -0.15) is 0 Å². The first-order valence-electron chi connectivity index (χ1n) is 5.57. The fourth-order valence-corrected chi connectivity index (χ4v) is 1.76. The summed E-state index contributed by atoms with van der Waals surface area (Å²) in [6, 6.07) is 4.66. The van der Waals surface area contributed by atoms with E-state index in [4.69, 9.17) is 4.74 Å². The van der Waals surface area contributed by atoms with Crippen LogP contribution in [0.25, 0.3) is 0 Å². The van der Waals surface area contributed by atoms with Crippen molar-refractivity contribution in [2.45, 2.75) is 38.9 Å². The summed E-state index contributed by atoms with van der Waals surface area (Å²) >= 11 is 0. The van der Waals surface area contributed by atoms with Gasteiger partial charge in [0.2, 0.25) is 0 Å². The molecule has 0 radical (unpaired) electrons. The Kier molecular flexibility index (Phi) is 4.90. The summed E-state index contributed by atoms with van der Waals surface area (Å²) in [5.41, 5.74) is 1.25. The Balaban J connectivity index is 2.85. The molecular formula is C13H19FO2. The Morgan fingerprint density at radius 1 is 1.44 bits per heavy atom. The van der Waals surface area contributed by atoms with Crippen molar-refractivity contribution in [3.05, 3.63) is 35.1 Å². The minimum Gasteiger partial charge on any atom is -0.386 e. The Hall–Kier alpha value is -0.930. The molecule has 1 aromatic carbocycles. The van der Waals surface area contributed by atoms with Crippen LogP contribution in [0.2, 0.25) is 0 Å². The standard InChI is InChI=1S/C13H19FO2/c1-4-5-12(16-3)13(15)10-6-7-11(14)9(2)8-10/h6-8,12-13,15H,4-5H2,1-3H3. The monoisotopic (exact) mass is 226 g/mol.